The molecule has 0 fully saturated rings. The summed E-state index contributed by atoms with van der Waals surface area (Å²) in [6.07, 6.45) is -0.113. The van der Waals surface area contributed by atoms with E-state index in [0.29, 0.717) is 39.5 Å². The summed E-state index contributed by atoms with van der Waals surface area (Å²) in [5.74, 6) is -0.195. The first kappa shape index (κ1) is 27.7. The van der Waals surface area contributed by atoms with Crippen LogP contribution >= 0.6 is 0 Å². The first-order valence-corrected chi connectivity index (χ1v) is 12.4. The van der Waals surface area contributed by atoms with Crippen molar-refractivity contribution in [3.8, 4) is 28.7 Å². The van der Waals surface area contributed by atoms with Gasteiger partial charge in [-0.3, -0.25) is 14.4 Å². The van der Waals surface area contributed by atoms with Gasteiger partial charge in [0.25, 0.3) is 0 Å². The Morgan fingerprint density at radius 1 is 0.795 bits per heavy atom. The zero-order chi connectivity index (χ0) is 28.8. The largest absolute Gasteiger partial charge is 0.506 e. The van der Waals surface area contributed by atoms with Crippen LogP contribution in [-0.4, -0.2) is 50.9 Å². The number of aryl methyl sites for hydroxylation is 1. The summed E-state index contributed by atoms with van der Waals surface area (Å²) in [6.45, 7) is 6.95. The number of aromatic hydroxyl groups is 1. The smallest absolute Gasteiger partial charge is 0.201 e. The summed E-state index contributed by atoms with van der Waals surface area (Å²) < 4.78 is 21.8. The summed E-state index contributed by atoms with van der Waals surface area (Å²) in [6, 6.07) is 8.31. The number of fused-ring (bicyclic) bond motifs is 2. The SMILES string of the molecule is COc1cc(C)c(C(=O)c2c(CC(C)=O)cc3c(c2O)C(=O)c2c(OC)cc(OC)cc2C3(C)C)c(OC)c1. The van der Waals surface area contributed by atoms with E-state index in [4.69, 9.17) is 18.9 Å². The highest BCUT2D eigenvalue weighted by Gasteiger charge is 2.43. The van der Waals surface area contributed by atoms with Gasteiger partial charge in [0.15, 0.2) is 0 Å². The van der Waals surface area contributed by atoms with Crippen LogP contribution in [0.15, 0.2) is 30.3 Å². The van der Waals surface area contributed by atoms with Crippen molar-refractivity contribution in [2.75, 3.05) is 28.4 Å². The molecule has 0 radical (unpaired) electrons. The second-order valence-electron chi connectivity index (χ2n) is 10.1. The van der Waals surface area contributed by atoms with Gasteiger partial charge in [-0.1, -0.05) is 19.9 Å². The van der Waals surface area contributed by atoms with E-state index in [1.165, 1.54) is 35.4 Å². The number of hydrogen-bond acceptors (Lipinski definition) is 8. The summed E-state index contributed by atoms with van der Waals surface area (Å²) in [5.41, 5.74) is 1.57. The van der Waals surface area contributed by atoms with Crippen LogP contribution in [0, 0.1) is 6.92 Å². The molecular formula is C31H32O8. The Kier molecular flexibility index (Phi) is 7.17. The summed E-state index contributed by atoms with van der Waals surface area (Å²) in [5, 5.41) is 11.7. The topological polar surface area (TPSA) is 108 Å². The van der Waals surface area contributed by atoms with Gasteiger partial charge in [-0.25, -0.2) is 0 Å². The summed E-state index contributed by atoms with van der Waals surface area (Å²) in [7, 11) is 5.91. The van der Waals surface area contributed by atoms with Crippen LogP contribution in [0.25, 0.3) is 0 Å². The van der Waals surface area contributed by atoms with E-state index in [9.17, 15) is 19.5 Å². The van der Waals surface area contributed by atoms with Crippen molar-refractivity contribution < 1.29 is 38.4 Å². The molecular weight excluding hydrogens is 500 g/mol. The third-order valence-electron chi connectivity index (χ3n) is 7.34. The van der Waals surface area contributed by atoms with Crippen LogP contribution < -0.4 is 18.9 Å². The van der Waals surface area contributed by atoms with Crippen molar-refractivity contribution in [1.82, 2.24) is 0 Å². The Bertz CT molecular complexity index is 1530. The molecule has 3 aromatic rings. The summed E-state index contributed by atoms with van der Waals surface area (Å²) in [4.78, 5) is 40.5. The number of ether oxygens (including phenoxy) is 4. The second-order valence-corrected chi connectivity index (χ2v) is 10.1. The fourth-order valence-corrected chi connectivity index (χ4v) is 5.39. The number of benzene rings is 3. The molecule has 1 aliphatic carbocycles. The lowest BCUT2D eigenvalue weighted by molar-refractivity contribution is -0.116. The lowest BCUT2D eigenvalue weighted by Crippen LogP contribution is -2.32. The minimum Gasteiger partial charge on any atom is -0.506 e. The van der Waals surface area contributed by atoms with E-state index in [-0.39, 0.29) is 40.2 Å². The number of hydrogen-bond donors (Lipinski definition) is 1. The Morgan fingerprint density at radius 2 is 1.36 bits per heavy atom. The van der Waals surface area contributed by atoms with Gasteiger partial charge in [0, 0.05) is 24.0 Å². The van der Waals surface area contributed by atoms with Crippen LogP contribution in [-0.2, 0) is 16.6 Å². The van der Waals surface area contributed by atoms with Crippen LogP contribution in [0.1, 0.15) is 74.9 Å². The number of phenolic OH excluding ortho intramolecular Hbond substituents is 1. The Hall–Kier alpha value is -4.33. The van der Waals surface area contributed by atoms with E-state index >= 15 is 0 Å². The number of carbonyl (C=O) groups is 3. The molecule has 0 heterocycles. The number of ketones is 3. The Morgan fingerprint density at radius 3 is 1.92 bits per heavy atom. The fraction of sp³-hybridized carbons (Fsp3) is 0.323. The molecule has 3 aromatic carbocycles. The zero-order valence-electron chi connectivity index (χ0n) is 23.4. The molecule has 0 spiro atoms. The average Bonchev–Trinajstić information content (AvgIpc) is 2.89. The first-order chi connectivity index (χ1) is 18.4. The average molecular weight is 533 g/mol. The van der Waals surface area contributed by atoms with Gasteiger partial charge >= 0.3 is 0 Å². The number of carbonyl (C=O) groups excluding carboxylic acids is 3. The third kappa shape index (κ3) is 4.39. The fourth-order valence-electron chi connectivity index (χ4n) is 5.39. The molecule has 204 valence electrons. The van der Waals surface area contributed by atoms with Crippen molar-refractivity contribution in [3.63, 3.8) is 0 Å². The van der Waals surface area contributed by atoms with Crippen LogP contribution in [0.4, 0.5) is 0 Å². The van der Waals surface area contributed by atoms with Gasteiger partial charge < -0.3 is 24.1 Å². The highest BCUT2D eigenvalue weighted by atomic mass is 16.5. The molecule has 0 unspecified atom stereocenters. The van der Waals surface area contributed by atoms with Crippen molar-refractivity contribution in [2.45, 2.75) is 39.5 Å². The monoisotopic (exact) mass is 532 g/mol. The molecule has 0 saturated carbocycles. The quantitative estimate of drug-likeness (QED) is 0.405. The van der Waals surface area contributed by atoms with E-state index in [2.05, 4.69) is 0 Å². The molecule has 4 rings (SSSR count). The van der Waals surface area contributed by atoms with E-state index < -0.39 is 22.7 Å². The lowest BCUT2D eigenvalue weighted by Gasteiger charge is -2.36. The van der Waals surface area contributed by atoms with Gasteiger partial charge in [-0.05, 0) is 48.2 Å². The molecule has 0 saturated heterocycles. The molecule has 0 amide bonds. The number of methoxy groups -OCH3 is 4. The maximum absolute atomic E-state index is 14.1. The standard InChI is InChI=1S/C31H32O8/c1-15-9-18(36-5)13-22(38-7)24(15)28(33)25-17(10-16(2)32)11-20-27(29(25)34)30(35)26-21(31(20,3)4)12-19(37-6)14-23(26)39-8/h9,11-14,34H,10H2,1-8H3. The van der Waals surface area contributed by atoms with Crippen molar-refractivity contribution in [2.24, 2.45) is 0 Å². The van der Waals surface area contributed by atoms with Gasteiger partial charge in [0.2, 0.25) is 11.6 Å². The first-order valence-electron chi connectivity index (χ1n) is 12.4. The zero-order valence-corrected chi connectivity index (χ0v) is 23.4. The number of rotatable bonds is 8. The predicted molar refractivity (Wildman–Crippen MR) is 145 cm³/mol. The molecule has 1 N–H and O–H groups in total. The molecule has 0 aromatic heterocycles. The molecule has 8 nitrogen and oxygen atoms in total. The van der Waals surface area contributed by atoms with Crippen LogP contribution in [0.2, 0.25) is 0 Å². The van der Waals surface area contributed by atoms with Crippen molar-refractivity contribution in [3.05, 3.63) is 74.8 Å². The van der Waals surface area contributed by atoms with Crippen LogP contribution in [0.5, 0.6) is 28.7 Å². The molecule has 1 aliphatic rings. The maximum Gasteiger partial charge on any atom is 0.201 e. The Labute approximate surface area is 227 Å². The number of phenols is 1. The molecule has 39 heavy (non-hydrogen) atoms. The highest BCUT2D eigenvalue weighted by molar-refractivity contribution is 6.21. The third-order valence-corrected chi connectivity index (χ3v) is 7.34. The van der Waals surface area contributed by atoms with Gasteiger partial charge in [0.05, 0.1) is 50.7 Å². The second kappa shape index (κ2) is 10.1. The van der Waals surface area contributed by atoms with Crippen molar-refractivity contribution >= 4 is 17.3 Å². The normalized spacial score (nSPS) is 13.3. The predicted octanol–water partition coefficient (Wildman–Crippen LogP) is 4.97. The molecule has 8 heteroatoms. The summed E-state index contributed by atoms with van der Waals surface area (Å²) >= 11 is 0. The van der Waals surface area contributed by atoms with Gasteiger partial charge in [0.1, 0.15) is 34.5 Å². The minimum atomic E-state index is -0.807. The van der Waals surface area contributed by atoms with Crippen molar-refractivity contribution in [1.29, 1.82) is 0 Å². The minimum absolute atomic E-state index is 0.00301. The van der Waals surface area contributed by atoms with E-state index in [1.54, 1.807) is 37.3 Å². The van der Waals surface area contributed by atoms with Gasteiger partial charge in [-0.2, -0.15) is 0 Å². The lowest BCUT2D eigenvalue weighted by atomic mass is 9.66. The van der Waals surface area contributed by atoms with Gasteiger partial charge in [-0.15, -0.1) is 0 Å². The molecule has 0 bridgehead atoms. The van der Waals surface area contributed by atoms with Crippen LogP contribution in [0.3, 0.4) is 0 Å². The highest BCUT2D eigenvalue weighted by Crippen LogP contribution is 2.50. The number of Topliss-reactive ketones (excluding diaryl/α,β-unsaturated/α-hetero) is 1. The van der Waals surface area contributed by atoms with E-state index in [1.807, 2.05) is 13.8 Å². The van der Waals surface area contributed by atoms with E-state index in [0.717, 1.165) is 0 Å². The maximum atomic E-state index is 14.1. The molecule has 0 atom stereocenters. The Balaban J connectivity index is 2.07. The molecule has 0 aliphatic heterocycles.